The number of hydrogen-bond acceptors (Lipinski definition) is 4. The number of rotatable bonds is 5. The van der Waals surface area contributed by atoms with Crippen LogP contribution in [-0.2, 0) is 9.59 Å². The summed E-state index contributed by atoms with van der Waals surface area (Å²) in [5.41, 5.74) is 1.42. The third-order valence-electron chi connectivity index (χ3n) is 4.10. The third-order valence-corrected chi connectivity index (χ3v) is 5.12. The van der Waals surface area contributed by atoms with E-state index in [1.165, 1.54) is 36.4 Å². The van der Waals surface area contributed by atoms with Gasteiger partial charge in [-0.15, -0.1) is 0 Å². The lowest BCUT2D eigenvalue weighted by Crippen LogP contribution is -2.31. The summed E-state index contributed by atoms with van der Waals surface area (Å²) >= 11 is 1.03. The molecule has 0 aromatic heterocycles. The van der Waals surface area contributed by atoms with E-state index >= 15 is 0 Å². The Morgan fingerprint density at radius 1 is 1.14 bits per heavy atom. The molecule has 8 heteroatoms. The standard InChI is InChI=1S/C20H15F2N3O2S/c21-13-3-1-12(2-4-13)16-9-18(26)25-20(17(16)10-23)28-11-19(27)24-15-7-5-14(22)6-8-15/h1-8,16H,9,11H2,(H,24,27)(H,25,26)/t16-/m1/s1. The van der Waals surface area contributed by atoms with Gasteiger partial charge in [0.1, 0.15) is 11.6 Å². The number of hydrogen-bond donors (Lipinski definition) is 2. The Bertz CT molecular complexity index is 966. The first-order valence-electron chi connectivity index (χ1n) is 8.34. The Balaban J connectivity index is 1.73. The highest BCUT2D eigenvalue weighted by Gasteiger charge is 2.29. The van der Waals surface area contributed by atoms with Gasteiger partial charge in [-0.3, -0.25) is 9.59 Å². The van der Waals surface area contributed by atoms with Crippen LogP contribution < -0.4 is 10.6 Å². The molecule has 1 aliphatic heterocycles. The molecule has 0 saturated carbocycles. The Hall–Kier alpha value is -3.18. The van der Waals surface area contributed by atoms with Gasteiger partial charge in [0.2, 0.25) is 11.8 Å². The van der Waals surface area contributed by atoms with Crippen LogP contribution in [0.3, 0.4) is 0 Å². The van der Waals surface area contributed by atoms with Crippen LogP contribution in [0.25, 0.3) is 0 Å². The van der Waals surface area contributed by atoms with Crippen LogP contribution in [0.4, 0.5) is 14.5 Å². The molecule has 3 rings (SSSR count). The lowest BCUT2D eigenvalue weighted by molar-refractivity contribution is -0.121. The van der Waals surface area contributed by atoms with Crippen LogP contribution >= 0.6 is 11.8 Å². The highest BCUT2D eigenvalue weighted by Crippen LogP contribution is 2.35. The van der Waals surface area contributed by atoms with Crippen molar-refractivity contribution in [3.63, 3.8) is 0 Å². The maximum Gasteiger partial charge on any atom is 0.234 e. The molecule has 2 aromatic rings. The second-order valence-corrected chi connectivity index (χ2v) is 7.04. The van der Waals surface area contributed by atoms with E-state index in [1.54, 1.807) is 12.1 Å². The summed E-state index contributed by atoms with van der Waals surface area (Å²) in [6.07, 6.45) is 0.0698. The zero-order chi connectivity index (χ0) is 20.1. The number of nitrogens with zero attached hydrogens (tertiary/aromatic N) is 1. The van der Waals surface area contributed by atoms with E-state index in [1.807, 2.05) is 0 Å². The molecule has 1 heterocycles. The summed E-state index contributed by atoms with van der Waals surface area (Å²) in [6.45, 7) is 0. The van der Waals surface area contributed by atoms with Gasteiger partial charge in [0.25, 0.3) is 0 Å². The summed E-state index contributed by atoms with van der Waals surface area (Å²) in [7, 11) is 0. The summed E-state index contributed by atoms with van der Waals surface area (Å²) in [6, 6.07) is 13.1. The van der Waals surface area contributed by atoms with E-state index in [9.17, 15) is 23.6 Å². The zero-order valence-corrected chi connectivity index (χ0v) is 15.4. The van der Waals surface area contributed by atoms with Crippen LogP contribution in [-0.4, -0.2) is 17.6 Å². The number of carbonyl (C=O) groups is 2. The first-order chi connectivity index (χ1) is 13.5. The molecule has 0 unspecified atom stereocenters. The van der Waals surface area contributed by atoms with Gasteiger partial charge in [-0.2, -0.15) is 5.26 Å². The Morgan fingerprint density at radius 2 is 1.75 bits per heavy atom. The number of nitrogens with one attached hydrogen (secondary N) is 2. The van der Waals surface area contributed by atoms with Crippen molar-refractivity contribution >= 4 is 29.3 Å². The van der Waals surface area contributed by atoms with Crippen LogP contribution in [0.15, 0.2) is 59.1 Å². The lowest BCUT2D eigenvalue weighted by Gasteiger charge is -2.25. The molecule has 5 nitrogen and oxygen atoms in total. The first-order valence-corrected chi connectivity index (χ1v) is 9.32. The summed E-state index contributed by atoms with van der Waals surface area (Å²) < 4.78 is 26.1. The van der Waals surface area contributed by atoms with Crippen molar-refractivity contribution in [1.29, 1.82) is 5.26 Å². The van der Waals surface area contributed by atoms with Crippen LogP contribution in [0, 0.1) is 23.0 Å². The third kappa shape index (κ3) is 4.75. The van der Waals surface area contributed by atoms with Gasteiger partial charge in [0.05, 0.1) is 22.4 Å². The van der Waals surface area contributed by atoms with E-state index in [-0.39, 0.29) is 24.0 Å². The minimum absolute atomic E-state index is 0.0473. The van der Waals surface area contributed by atoms with Crippen molar-refractivity contribution in [3.8, 4) is 6.07 Å². The van der Waals surface area contributed by atoms with Crippen LogP contribution in [0.5, 0.6) is 0 Å². The molecule has 142 valence electrons. The van der Waals surface area contributed by atoms with E-state index in [2.05, 4.69) is 16.7 Å². The van der Waals surface area contributed by atoms with Crippen molar-refractivity contribution in [1.82, 2.24) is 5.32 Å². The summed E-state index contributed by atoms with van der Waals surface area (Å²) in [5, 5.41) is 15.1. The fraction of sp³-hybridized carbons (Fsp3) is 0.150. The van der Waals surface area contributed by atoms with Crippen molar-refractivity contribution < 1.29 is 18.4 Å². The molecule has 0 saturated heterocycles. The maximum absolute atomic E-state index is 13.2. The minimum atomic E-state index is -0.498. The number of carbonyl (C=O) groups excluding carboxylic acids is 2. The van der Waals surface area contributed by atoms with E-state index in [0.29, 0.717) is 21.9 Å². The molecule has 0 radical (unpaired) electrons. The van der Waals surface area contributed by atoms with Crippen molar-refractivity contribution in [2.24, 2.45) is 0 Å². The van der Waals surface area contributed by atoms with Crippen LogP contribution in [0.2, 0.25) is 0 Å². The predicted molar refractivity (Wildman–Crippen MR) is 102 cm³/mol. The average molecular weight is 399 g/mol. The van der Waals surface area contributed by atoms with Gasteiger partial charge in [-0.25, -0.2) is 8.78 Å². The lowest BCUT2D eigenvalue weighted by atomic mass is 9.87. The number of nitriles is 1. The average Bonchev–Trinajstić information content (AvgIpc) is 2.68. The Morgan fingerprint density at radius 3 is 2.36 bits per heavy atom. The number of anilines is 1. The highest BCUT2D eigenvalue weighted by molar-refractivity contribution is 8.03. The number of benzene rings is 2. The fourth-order valence-electron chi connectivity index (χ4n) is 2.78. The molecule has 1 atom stereocenters. The fourth-order valence-corrected chi connectivity index (χ4v) is 3.66. The first kappa shape index (κ1) is 19.6. The topological polar surface area (TPSA) is 82.0 Å². The van der Waals surface area contributed by atoms with Gasteiger partial charge >= 0.3 is 0 Å². The predicted octanol–water partition coefficient (Wildman–Crippen LogP) is 3.68. The second-order valence-electron chi connectivity index (χ2n) is 6.05. The van der Waals surface area contributed by atoms with Gasteiger partial charge in [0, 0.05) is 18.0 Å². The molecule has 0 spiro atoms. The molecule has 2 amide bonds. The minimum Gasteiger partial charge on any atom is -0.325 e. The molecule has 28 heavy (non-hydrogen) atoms. The van der Waals surface area contributed by atoms with Gasteiger partial charge < -0.3 is 10.6 Å². The second kappa shape index (κ2) is 8.67. The molecule has 0 bridgehead atoms. The summed E-state index contributed by atoms with van der Waals surface area (Å²) in [5.74, 6) is -2.00. The molecule has 0 aliphatic carbocycles. The molecule has 2 aromatic carbocycles. The number of amides is 2. The molecule has 2 N–H and O–H groups in total. The quantitative estimate of drug-likeness (QED) is 0.804. The molecule has 0 fully saturated rings. The maximum atomic E-state index is 13.2. The Kier molecular flexibility index (Phi) is 6.06. The number of allylic oxidation sites excluding steroid dienone is 1. The smallest absolute Gasteiger partial charge is 0.234 e. The van der Waals surface area contributed by atoms with E-state index < -0.39 is 17.6 Å². The molecule has 1 aliphatic rings. The van der Waals surface area contributed by atoms with Crippen molar-refractivity contribution in [2.75, 3.05) is 11.1 Å². The van der Waals surface area contributed by atoms with E-state index in [4.69, 9.17) is 0 Å². The zero-order valence-electron chi connectivity index (χ0n) is 14.5. The van der Waals surface area contributed by atoms with Crippen molar-refractivity contribution in [3.05, 3.63) is 76.3 Å². The van der Waals surface area contributed by atoms with Gasteiger partial charge in [-0.1, -0.05) is 23.9 Å². The SMILES string of the molecule is N#CC1=C(SCC(=O)Nc2ccc(F)cc2)NC(=O)C[C@@H]1c1ccc(F)cc1. The number of halogens is 2. The summed E-state index contributed by atoms with van der Waals surface area (Å²) in [4.78, 5) is 24.2. The monoisotopic (exact) mass is 399 g/mol. The molecular weight excluding hydrogens is 384 g/mol. The number of thioether (sulfide) groups is 1. The van der Waals surface area contributed by atoms with E-state index in [0.717, 1.165) is 11.8 Å². The normalized spacial score (nSPS) is 16.3. The largest absolute Gasteiger partial charge is 0.325 e. The highest BCUT2D eigenvalue weighted by atomic mass is 32.2. The molecular formula is C20H15F2N3O2S. The van der Waals surface area contributed by atoms with Gasteiger partial charge in [0.15, 0.2) is 0 Å². The van der Waals surface area contributed by atoms with Gasteiger partial charge in [-0.05, 0) is 42.0 Å². The van der Waals surface area contributed by atoms with Crippen LogP contribution in [0.1, 0.15) is 17.9 Å². The van der Waals surface area contributed by atoms with Crippen molar-refractivity contribution in [2.45, 2.75) is 12.3 Å². The Labute approximate surface area is 164 Å².